The zero-order valence-corrected chi connectivity index (χ0v) is 13.2. The van der Waals surface area contributed by atoms with Crippen LogP contribution in [0, 0.1) is 11.8 Å². The van der Waals surface area contributed by atoms with Crippen molar-refractivity contribution in [3.8, 4) is 0 Å². The lowest BCUT2D eigenvalue weighted by Crippen LogP contribution is -2.25. The van der Waals surface area contributed by atoms with Gasteiger partial charge in [-0.1, -0.05) is 46.0 Å². The third kappa shape index (κ3) is 4.08. The van der Waals surface area contributed by atoms with Crippen LogP contribution < -0.4 is 5.73 Å². The van der Waals surface area contributed by atoms with Crippen molar-refractivity contribution in [3.05, 3.63) is 18.0 Å². The van der Waals surface area contributed by atoms with E-state index in [9.17, 15) is 0 Å². The van der Waals surface area contributed by atoms with Crippen LogP contribution in [0.4, 0.5) is 0 Å². The molecule has 3 nitrogen and oxygen atoms in total. The lowest BCUT2D eigenvalue weighted by molar-refractivity contribution is 0.232. The maximum Gasteiger partial charge on any atom is 0.0537 e. The van der Waals surface area contributed by atoms with E-state index in [0.29, 0.717) is 5.92 Å². The van der Waals surface area contributed by atoms with E-state index in [4.69, 9.17) is 5.73 Å². The number of nitrogens with zero attached hydrogens (tertiary/aromatic N) is 2. The number of aromatic nitrogens is 2. The van der Waals surface area contributed by atoms with Gasteiger partial charge < -0.3 is 5.73 Å². The van der Waals surface area contributed by atoms with E-state index < -0.39 is 0 Å². The normalized spacial score (nSPS) is 24.8. The summed E-state index contributed by atoms with van der Waals surface area (Å²) in [5.74, 6) is 1.62. The molecule has 0 bridgehead atoms. The first-order valence-corrected chi connectivity index (χ1v) is 8.52. The maximum absolute atomic E-state index is 6.47. The van der Waals surface area contributed by atoms with Gasteiger partial charge in [-0.15, -0.1) is 0 Å². The lowest BCUT2D eigenvalue weighted by atomic mass is 9.76. The van der Waals surface area contributed by atoms with Gasteiger partial charge in [-0.2, -0.15) is 5.10 Å². The minimum absolute atomic E-state index is 0.188. The fourth-order valence-electron chi connectivity index (χ4n) is 3.50. The fourth-order valence-corrected chi connectivity index (χ4v) is 3.50. The van der Waals surface area contributed by atoms with Crippen molar-refractivity contribution in [2.45, 2.75) is 77.8 Å². The summed E-state index contributed by atoms with van der Waals surface area (Å²) in [5, 5.41) is 4.41. The Hall–Kier alpha value is -0.830. The van der Waals surface area contributed by atoms with Crippen LogP contribution in [0.5, 0.6) is 0 Å². The molecule has 1 aliphatic rings. The van der Waals surface area contributed by atoms with Crippen molar-refractivity contribution in [2.24, 2.45) is 17.6 Å². The number of hydrogen-bond acceptors (Lipinski definition) is 2. The zero-order chi connectivity index (χ0) is 14.4. The third-order valence-electron chi connectivity index (χ3n) is 4.86. The highest BCUT2D eigenvalue weighted by Gasteiger charge is 2.26. The van der Waals surface area contributed by atoms with Crippen molar-refractivity contribution in [1.82, 2.24) is 9.78 Å². The fraction of sp³-hybridized carbons (Fsp3) is 0.824. The molecular formula is C17H31N3. The number of aryl methyl sites for hydroxylation is 1. The molecule has 1 atom stereocenters. The molecule has 2 N–H and O–H groups in total. The number of unbranched alkanes of at least 4 members (excludes halogenated alkanes) is 1. The average Bonchev–Trinajstić information content (AvgIpc) is 2.94. The van der Waals surface area contributed by atoms with Crippen LogP contribution in [0.3, 0.4) is 0 Å². The van der Waals surface area contributed by atoms with E-state index >= 15 is 0 Å². The van der Waals surface area contributed by atoms with Gasteiger partial charge in [-0.3, -0.25) is 4.68 Å². The Balaban J connectivity index is 1.82. The molecule has 0 spiro atoms. The molecule has 1 unspecified atom stereocenters. The molecule has 20 heavy (non-hydrogen) atoms. The molecule has 0 radical (unpaired) electrons. The highest BCUT2D eigenvalue weighted by Crippen LogP contribution is 2.37. The Morgan fingerprint density at radius 1 is 1.25 bits per heavy atom. The SMILES string of the molecule is CCCCC1CCC(C(N)c2cnn(CCC)c2)CC1. The van der Waals surface area contributed by atoms with Crippen LogP contribution in [0.2, 0.25) is 0 Å². The summed E-state index contributed by atoms with van der Waals surface area (Å²) >= 11 is 0. The lowest BCUT2D eigenvalue weighted by Gasteiger charge is -2.31. The van der Waals surface area contributed by atoms with E-state index in [1.54, 1.807) is 0 Å². The third-order valence-corrected chi connectivity index (χ3v) is 4.86. The highest BCUT2D eigenvalue weighted by molar-refractivity contribution is 5.11. The summed E-state index contributed by atoms with van der Waals surface area (Å²) in [7, 11) is 0. The standard InChI is InChI=1S/C17H31N3/c1-3-5-6-14-7-9-15(10-8-14)17(18)16-12-19-20(13-16)11-4-2/h12-15,17H,3-11,18H2,1-2H3. The summed E-state index contributed by atoms with van der Waals surface area (Å²) in [6.07, 6.45) is 14.7. The highest BCUT2D eigenvalue weighted by atomic mass is 15.3. The van der Waals surface area contributed by atoms with Gasteiger partial charge in [0.15, 0.2) is 0 Å². The second-order valence-corrected chi connectivity index (χ2v) is 6.49. The minimum atomic E-state index is 0.188. The summed E-state index contributed by atoms with van der Waals surface area (Å²) in [4.78, 5) is 0. The molecule has 114 valence electrons. The van der Waals surface area contributed by atoms with Crippen LogP contribution in [-0.4, -0.2) is 9.78 Å². The largest absolute Gasteiger partial charge is 0.324 e. The predicted octanol–water partition coefficient (Wildman–Crippen LogP) is 4.29. The van der Waals surface area contributed by atoms with Gasteiger partial charge in [0.05, 0.1) is 6.20 Å². The van der Waals surface area contributed by atoms with Gasteiger partial charge in [0, 0.05) is 24.3 Å². The second-order valence-electron chi connectivity index (χ2n) is 6.49. The molecule has 3 heteroatoms. The monoisotopic (exact) mass is 277 g/mol. The van der Waals surface area contributed by atoms with Gasteiger partial charge in [0.25, 0.3) is 0 Å². The van der Waals surface area contributed by atoms with E-state index in [1.165, 1.54) is 50.5 Å². The van der Waals surface area contributed by atoms with Crippen LogP contribution in [-0.2, 0) is 6.54 Å². The van der Waals surface area contributed by atoms with Crippen LogP contribution in [0.25, 0.3) is 0 Å². The van der Waals surface area contributed by atoms with Gasteiger partial charge in [0.1, 0.15) is 0 Å². The quantitative estimate of drug-likeness (QED) is 0.808. The zero-order valence-electron chi connectivity index (χ0n) is 13.2. The Kier molecular flexibility index (Phi) is 6.08. The summed E-state index contributed by atoms with van der Waals surface area (Å²) in [6, 6.07) is 0.188. The molecule has 1 aliphatic carbocycles. The number of hydrogen-bond donors (Lipinski definition) is 1. The number of nitrogens with two attached hydrogens (primary N) is 1. The van der Waals surface area contributed by atoms with Crippen LogP contribution in [0.15, 0.2) is 12.4 Å². The van der Waals surface area contributed by atoms with Crippen LogP contribution in [0.1, 0.15) is 76.8 Å². The van der Waals surface area contributed by atoms with Crippen LogP contribution >= 0.6 is 0 Å². The maximum atomic E-state index is 6.47. The summed E-state index contributed by atoms with van der Waals surface area (Å²) < 4.78 is 2.03. The Morgan fingerprint density at radius 3 is 2.65 bits per heavy atom. The first-order chi connectivity index (χ1) is 9.74. The molecule has 1 aromatic rings. The van der Waals surface area contributed by atoms with Gasteiger partial charge >= 0.3 is 0 Å². The Bertz CT molecular complexity index is 377. The van der Waals surface area contributed by atoms with Gasteiger partial charge in [-0.25, -0.2) is 0 Å². The molecule has 0 aromatic carbocycles. The predicted molar refractivity (Wildman–Crippen MR) is 84.4 cm³/mol. The van der Waals surface area contributed by atoms with E-state index in [-0.39, 0.29) is 6.04 Å². The Labute approximate surface area is 123 Å². The molecule has 0 amide bonds. The first-order valence-electron chi connectivity index (χ1n) is 8.52. The topological polar surface area (TPSA) is 43.8 Å². The molecule has 0 aliphatic heterocycles. The second kappa shape index (κ2) is 7.82. The van der Waals surface area contributed by atoms with Crippen molar-refractivity contribution < 1.29 is 0 Å². The number of rotatable bonds is 7. The molecule has 1 heterocycles. The molecule has 1 aromatic heterocycles. The van der Waals surface area contributed by atoms with E-state index in [0.717, 1.165) is 18.9 Å². The van der Waals surface area contributed by atoms with E-state index in [1.807, 2.05) is 10.9 Å². The smallest absolute Gasteiger partial charge is 0.0537 e. The molecular weight excluding hydrogens is 246 g/mol. The van der Waals surface area contributed by atoms with Crippen molar-refractivity contribution in [1.29, 1.82) is 0 Å². The average molecular weight is 277 g/mol. The van der Waals surface area contributed by atoms with E-state index in [2.05, 4.69) is 25.1 Å². The first kappa shape index (κ1) is 15.6. The summed E-state index contributed by atoms with van der Waals surface area (Å²) in [5.41, 5.74) is 7.70. The molecule has 0 saturated heterocycles. The Morgan fingerprint density at radius 2 is 2.00 bits per heavy atom. The minimum Gasteiger partial charge on any atom is -0.324 e. The molecule has 1 saturated carbocycles. The summed E-state index contributed by atoms with van der Waals surface area (Å²) in [6.45, 7) is 5.46. The molecule has 2 rings (SSSR count). The van der Waals surface area contributed by atoms with Crippen molar-refractivity contribution in [3.63, 3.8) is 0 Å². The van der Waals surface area contributed by atoms with Crippen molar-refractivity contribution in [2.75, 3.05) is 0 Å². The van der Waals surface area contributed by atoms with Gasteiger partial charge in [0.2, 0.25) is 0 Å². The molecule has 1 fully saturated rings. The van der Waals surface area contributed by atoms with Crippen molar-refractivity contribution >= 4 is 0 Å². The van der Waals surface area contributed by atoms with Gasteiger partial charge in [-0.05, 0) is 31.1 Å².